The first-order valence-electron chi connectivity index (χ1n) is 7.99. The molecular formula is C17H27N3OS. The van der Waals surface area contributed by atoms with Gasteiger partial charge < -0.3 is 16.4 Å². The van der Waals surface area contributed by atoms with Crippen LogP contribution < -0.4 is 16.4 Å². The van der Waals surface area contributed by atoms with Gasteiger partial charge in [0.15, 0.2) is 0 Å². The maximum atomic E-state index is 12.0. The molecule has 1 heterocycles. The molecule has 0 aliphatic carbocycles. The fourth-order valence-electron chi connectivity index (χ4n) is 2.52. The molecule has 2 unspecified atom stereocenters. The lowest BCUT2D eigenvalue weighted by atomic mass is 9.99. The van der Waals surface area contributed by atoms with E-state index in [2.05, 4.69) is 48.7 Å². The van der Waals surface area contributed by atoms with E-state index < -0.39 is 0 Å². The first-order chi connectivity index (χ1) is 10.6. The van der Waals surface area contributed by atoms with Gasteiger partial charge in [0.25, 0.3) is 0 Å². The van der Waals surface area contributed by atoms with Gasteiger partial charge in [0.2, 0.25) is 5.91 Å². The van der Waals surface area contributed by atoms with Crippen LogP contribution in [0.15, 0.2) is 24.3 Å². The van der Waals surface area contributed by atoms with Crippen molar-refractivity contribution < 1.29 is 4.79 Å². The topological polar surface area (TPSA) is 67.1 Å². The zero-order chi connectivity index (χ0) is 15.9. The number of amides is 1. The number of carbonyl (C=O) groups excluding carboxylic acids is 1. The van der Waals surface area contributed by atoms with Gasteiger partial charge in [-0.3, -0.25) is 4.79 Å². The summed E-state index contributed by atoms with van der Waals surface area (Å²) in [6.45, 7) is 5.82. The van der Waals surface area contributed by atoms with Crippen molar-refractivity contribution in [1.29, 1.82) is 0 Å². The fraction of sp³-hybridized carbons (Fsp3) is 0.588. The molecule has 1 aromatic carbocycles. The Kier molecular flexibility index (Phi) is 6.73. The predicted octanol–water partition coefficient (Wildman–Crippen LogP) is 2.02. The Hall–Kier alpha value is -1.04. The molecule has 122 valence electrons. The third-order valence-corrected chi connectivity index (χ3v) is 5.11. The number of thioether (sulfide) groups is 1. The minimum atomic E-state index is -0.154. The Morgan fingerprint density at radius 2 is 2.05 bits per heavy atom. The lowest BCUT2D eigenvalue weighted by Gasteiger charge is -2.23. The van der Waals surface area contributed by atoms with Crippen LogP contribution in [0.5, 0.6) is 0 Å². The van der Waals surface area contributed by atoms with E-state index in [1.165, 1.54) is 5.56 Å². The zero-order valence-electron chi connectivity index (χ0n) is 13.5. The minimum Gasteiger partial charge on any atom is -0.354 e. The summed E-state index contributed by atoms with van der Waals surface area (Å²) in [5.74, 6) is 2.74. The average Bonchev–Trinajstić information content (AvgIpc) is 2.53. The maximum Gasteiger partial charge on any atom is 0.221 e. The van der Waals surface area contributed by atoms with Crippen LogP contribution >= 0.6 is 11.8 Å². The van der Waals surface area contributed by atoms with Gasteiger partial charge in [-0.05, 0) is 17.0 Å². The summed E-state index contributed by atoms with van der Waals surface area (Å²) >= 11 is 1.90. The van der Waals surface area contributed by atoms with Gasteiger partial charge >= 0.3 is 0 Å². The summed E-state index contributed by atoms with van der Waals surface area (Å²) in [7, 11) is 0. The predicted molar refractivity (Wildman–Crippen MR) is 94.2 cm³/mol. The number of hydrogen-bond donors (Lipinski definition) is 3. The van der Waals surface area contributed by atoms with Crippen molar-refractivity contribution in [3.05, 3.63) is 35.4 Å². The molecule has 2 rings (SSSR count). The average molecular weight is 321 g/mol. The van der Waals surface area contributed by atoms with Gasteiger partial charge in [-0.15, -0.1) is 0 Å². The van der Waals surface area contributed by atoms with E-state index in [1.807, 2.05) is 11.8 Å². The normalized spacial score (nSPS) is 19.9. The summed E-state index contributed by atoms with van der Waals surface area (Å²) in [6.07, 6.45) is 0.534. The molecule has 1 aliphatic rings. The molecule has 1 aromatic rings. The van der Waals surface area contributed by atoms with Crippen LogP contribution in [0.4, 0.5) is 0 Å². The van der Waals surface area contributed by atoms with Crippen LogP contribution in [0.1, 0.15) is 43.4 Å². The molecule has 0 aromatic heterocycles. The number of nitrogens with two attached hydrogens (primary N) is 1. The Labute approximate surface area is 137 Å². The van der Waals surface area contributed by atoms with Crippen LogP contribution in [-0.2, 0) is 4.79 Å². The third kappa shape index (κ3) is 5.30. The van der Waals surface area contributed by atoms with Crippen molar-refractivity contribution in [1.82, 2.24) is 10.6 Å². The van der Waals surface area contributed by atoms with Crippen molar-refractivity contribution in [2.24, 2.45) is 5.73 Å². The van der Waals surface area contributed by atoms with E-state index >= 15 is 0 Å². The molecule has 0 spiro atoms. The van der Waals surface area contributed by atoms with E-state index in [-0.39, 0.29) is 11.9 Å². The van der Waals surface area contributed by atoms with Crippen molar-refractivity contribution in [3.8, 4) is 0 Å². The van der Waals surface area contributed by atoms with Crippen LogP contribution in [0, 0.1) is 0 Å². The second-order valence-corrected chi connectivity index (χ2v) is 7.31. The summed E-state index contributed by atoms with van der Waals surface area (Å²) in [4.78, 5) is 12.0. The molecule has 0 radical (unpaired) electrons. The van der Waals surface area contributed by atoms with E-state index in [9.17, 15) is 4.79 Å². The monoisotopic (exact) mass is 321 g/mol. The summed E-state index contributed by atoms with van der Waals surface area (Å²) in [5.41, 5.74) is 8.54. The number of benzene rings is 1. The molecule has 1 aliphatic heterocycles. The van der Waals surface area contributed by atoms with Crippen molar-refractivity contribution in [2.45, 2.75) is 38.3 Å². The smallest absolute Gasteiger partial charge is 0.221 e. The second-order valence-electron chi connectivity index (χ2n) is 6.16. The SMILES string of the molecule is CC(C)c1ccc(C(N)CNC(=O)CC2CSCCN2)cc1. The third-order valence-electron chi connectivity index (χ3n) is 3.98. The second kappa shape index (κ2) is 8.56. The minimum absolute atomic E-state index is 0.0780. The number of carbonyl (C=O) groups is 1. The fourth-order valence-corrected chi connectivity index (χ4v) is 3.47. The quantitative estimate of drug-likeness (QED) is 0.750. The number of nitrogens with one attached hydrogen (secondary N) is 2. The van der Waals surface area contributed by atoms with Crippen LogP contribution in [0.25, 0.3) is 0 Å². The highest BCUT2D eigenvalue weighted by Crippen LogP contribution is 2.17. The molecule has 4 nitrogen and oxygen atoms in total. The van der Waals surface area contributed by atoms with E-state index in [0.717, 1.165) is 23.6 Å². The highest BCUT2D eigenvalue weighted by atomic mass is 32.2. The van der Waals surface area contributed by atoms with Gasteiger partial charge in [0.05, 0.1) is 0 Å². The molecule has 2 atom stereocenters. The van der Waals surface area contributed by atoms with Gasteiger partial charge in [0, 0.05) is 43.1 Å². The molecule has 0 saturated carbocycles. The van der Waals surface area contributed by atoms with E-state index in [1.54, 1.807) is 0 Å². The Balaban J connectivity index is 1.76. The van der Waals surface area contributed by atoms with E-state index in [4.69, 9.17) is 5.73 Å². The number of hydrogen-bond acceptors (Lipinski definition) is 4. The van der Waals surface area contributed by atoms with Gasteiger partial charge in [-0.25, -0.2) is 0 Å². The highest BCUT2D eigenvalue weighted by Gasteiger charge is 2.17. The molecule has 1 amide bonds. The van der Waals surface area contributed by atoms with Crippen molar-refractivity contribution in [2.75, 3.05) is 24.6 Å². The Morgan fingerprint density at radius 1 is 1.36 bits per heavy atom. The Bertz CT molecular complexity index is 469. The highest BCUT2D eigenvalue weighted by molar-refractivity contribution is 7.99. The van der Waals surface area contributed by atoms with Crippen LogP contribution in [0.3, 0.4) is 0 Å². The van der Waals surface area contributed by atoms with Gasteiger partial charge in [0.1, 0.15) is 0 Å². The van der Waals surface area contributed by atoms with Crippen LogP contribution in [0.2, 0.25) is 0 Å². The van der Waals surface area contributed by atoms with Gasteiger partial charge in [-0.1, -0.05) is 38.1 Å². The summed E-state index contributed by atoms with van der Waals surface area (Å²) in [6, 6.07) is 8.49. The number of rotatable bonds is 6. The largest absolute Gasteiger partial charge is 0.354 e. The van der Waals surface area contributed by atoms with E-state index in [0.29, 0.717) is 24.9 Å². The first kappa shape index (κ1) is 17.3. The lowest BCUT2D eigenvalue weighted by Crippen LogP contribution is -2.42. The molecule has 1 fully saturated rings. The Morgan fingerprint density at radius 3 is 2.64 bits per heavy atom. The molecule has 1 saturated heterocycles. The molecule has 5 heteroatoms. The lowest BCUT2D eigenvalue weighted by molar-refractivity contribution is -0.121. The molecular weight excluding hydrogens is 294 g/mol. The zero-order valence-corrected chi connectivity index (χ0v) is 14.3. The molecule has 4 N–H and O–H groups in total. The maximum absolute atomic E-state index is 12.0. The summed E-state index contributed by atoms with van der Waals surface area (Å²) < 4.78 is 0. The summed E-state index contributed by atoms with van der Waals surface area (Å²) in [5, 5.41) is 6.33. The van der Waals surface area contributed by atoms with Crippen LogP contribution in [-0.4, -0.2) is 36.5 Å². The van der Waals surface area contributed by atoms with Gasteiger partial charge in [-0.2, -0.15) is 11.8 Å². The molecule has 0 bridgehead atoms. The standard InChI is InChI=1S/C17H27N3OS/c1-12(2)13-3-5-14(6-4-13)16(18)10-20-17(21)9-15-11-22-8-7-19-15/h3-6,12,15-16,19H,7-11,18H2,1-2H3,(H,20,21). The van der Waals surface area contributed by atoms with Crippen molar-refractivity contribution >= 4 is 17.7 Å². The van der Waals surface area contributed by atoms with Crippen molar-refractivity contribution in [3.63, 3.8) is 0 Å². The molecule has 22 heavy (non-hydrogen) atoms. The first-order valence-corrected chi connectivity index (χ1v) is 9.15.